The van der Waals surface area contributed by atoms with Crippen LogP contribution in [-0.4, -0.2) is 15.7 Å². The van der Waals surface area contributed by atoms with E-state index in [0.29, 0.717) is 10.9 Å². The molecular formula is C14H17N3O2. The summed E-state index contributed by atoms with van der Waals surface area (Å²) in [5.74, 6) is 0. The van der Waals surface area contributed by atoms with Gasteiger partial charge >= 0.3 is 5.69 Å². The van der Waals surface area contributed by atoms with Crippen molar-refractivity contribution in [3.05, 3.63) is 44.6 Å². The highest BCUT2D eigenvalue weighted by molar-refractivity contribution is 5.78. The molecule has 5 nitrogen and oxygen atoms in total. The molecule has 2 aromatic rings. The molecule has 1 aromatic heterocycles. The van der Waals surface area contributed by atoms with Crippen molar-refractivity contribution in [1.29, 1.82) is 0 Å². The van der Waals surface area contributed by atoms with Gasteiger partial charge in [-0.2, -0.15) is 0 Å². The molecule has 0 amide bonds. The number of hydrogen-bond donors (Lipinski definition) is 1. The Morgan fingerprint density at radius 2 is 2.11 bits per heavy atom. The molecule has 1 aliphatic rings. The maximum Gasteiger partial charge on any atom is 0.332 e. The first-order chi connectivity index (χ1) is 9.09. The summed E-state index contributed by atoms with van der Waals surface area (Å²) in [6.45, 7) is 2.80. The van der Waals surface area contributed by atoms with Crippen LogP contribution in [0.4, 0.5) is 0 Å². The molecule has 100 valence electrons. The molecule has 1 saturated heterocycles. The van der Waals surface area contributed by atoms with Gasteiger partial charge < -0.3 is 0 Å². The van der Waals surface area contributed by atoms with Crippen molar-refractivity contribution < 1.29 is 0 Å². The average molecular weight is 259 g/mol. The van der Waals surface area contributed by atoms with E-state index in [1.807, 2.05) is 25.1 Å². The van der Waals surface area contributed by atoms with E-state index in [2.05, 4.69) is 5.32 Å². The second kappa shape index (κ2) is 4.35. The van der Waals surface area contributed by atoms with E-state index in [1.165, 1.54) is 4.57 Å². The highest BCUT2D eigenvalue weighted by Gasteiger charge is 2.21. The number of benzene rings is 1. The molecule has 5 heteroatoms. The molecule has 0 saturated carbocycles. The number of aryl methyl sites for hydroxylation is 2. The fourth-order valence-corrected chi connectivity index (χ4v) is 2.76. The van der Waals surface area contributed by atoms with Crippen molar-refractivity contribution in [2.24, 2.45) is 7.05 Å². The lowest BCUT2D eigenvalue weighted by molar-refractivity contribution is 0.430. The van der Waals surface area contributed by atoms with Crippen molar-refractivity contribution >= 4 is 10.9 Å². The Kier molecular flexibility index (Phi) is 2.78. The molecular weight excluding hydrogens is 242 g/mol. The van der Waals surface area contributed by atoms with Crippen LogP contribution < -0.4 is 16.6 Å². The predicted octanol–water partition coefficient (Wildman–Crippen LogP) is 0.891. The summed E-state index contributed by atoms with van der Waals surface area (Å²) >= 11 is 0. The molecule has 0 spiro atoms. The van der Waals surface area contributed by atoms with E-state index in [1.54, 1.807) is 11.6 Å². The minimum Gasteiger partial charge on any atom is -0.297 e. The minimum atomic E-state index is -0.249. The smallest absolute Gasteiger partial charge is 0.297 e. The zero-order chi connectivity index (χ0) is 13.6. The van der Waals surface area contributed by atoms with Gasteiger partial charge in [-0.15, -0.1) is 0 Å². The van der Waals surface area contributed by atoms with Crippen LogP contribution in [0.25, 0.3) is 10.9 Å². The molecule has 1 N–H and O–H groups in total. The Morgan fingerprint density at radius 1 is 1.32 bits per heavy atom. The third kappa shape index (κ3) is 1.81. The van der Waals surface area contributed by atoms with Gasteiger partial charge in [-0.05, 0) is 38.4 Å². The molecule has 2 heterocycles. The predicted molar refractivity (Wildman–Crippen MR) is 74.5 cm³/mol. The lowest BCUT2D eigenvalue weighted by atomic mass is 10.1. The zero-order valence-electron chi connectivity index (χ0n) is 11.1. The van der Waals surface area contributed by atoms with E-state index in [9.17, 15) is 9.59 Å². The summed E-state index contributed by atoms with van der Waals surface area (Å²) in [5.41, 5.74) is 1.27. The van der Waals surface area contributed by atoms with Crippen LogP contribution in [0.3, 0.4) is 0 Å². The van der Waals surface area contributed by atoms with Gasteiger partial charge in [0.05, 0.1) is 17.1 Å². The molecule has 1 unspecified atom stereocenters. The van der Waals surface area contributed by atoms with Crippen LogP contribution in [0.1, 0.15) is 24.6 Å². The number of fused-ring (bicyclic) bond motifs is 1. The summed E-state index contributed by atoms with van der Waals surface area (Å²) < 4.78 is 2.91. The second-order valence-electron chi connectivity index (χ2n) is 5.15. The first-order valence-corrected chi connectivity index (χ1v) is 6.55. The maximum atomic E-state index is 12.6. The Labute approximate surface area is 110 Å². The van der Waals surface area contributed by atoms with Gasteiger partial charge in [0.25, 0.3) is 5.56 Å². The Balaban J connectivity index is 2.39. The number of rotatable bonds is 1. The minimum absolute atomic E-state index is 0.170. The quantitative estimate of drug-likeness (QED) is 0.827. The van der Waals surface area contributed by atoms with Crippen LogP contribution in [0.5, 0.6) is 0 Å². The molecule has 1 fully saturated rings. The fourth-order valence-electron chi connectivity index (χ4n) is 2.76. The lowest BCUT2D eigenvalue weighted by Gasteiger charge is -2.16. The number of aromatic nitrogens is 2. The summed E-state index contributed by atoms with van der Waals surface area (Å²) in [6, 6.07) is 5.60. The number of nitrogens with zero attached hydrogens (tertiary/aromatic N) is 2. The van der Waals surface area contributed by atoms with Gasteiger partial charge in [-0.25, -0.2) is 9.36 Å². The third-order valence-electron chi connectivity index (χ3n) is 3.80. The van der Waals surface area contributed by atoms with E-state index >= 15 is 0 Å². The molecule has 1 aromatic carbocycles. The summed E-state index contributed by atoms with van der Waals surface area (Å²) in [5, 5.41) is 3.82. The lowest BCUT2D eigenvalue weighted by Crippen LogP contribution is -2.44. The molecule has 3 rings (SSSR count). The molecule has 0 aliphatic carbocycles. The number of hydrogen-bond acceptors (Lipinski definition) is 3. The first-order valence-electron chi connectivity index (χ1n) is 6.55. The summed E-state index contributed by atoms with van der Waals surface area (Å²) in [6.07, 6.45) is 1.65. The highest BCUT2D eigenvalue weighted by Crippen LogP contribution is 2.15. The van der Waals surface area contributed by atoms with Crippen LogP contribution >= 0.6 is 0 Å². The fraction of sp³-hybridized carbons (Fsp3) is 0.429. The molecule has 1 aliphatic heterocycles. The van der Waals surface area contributed by atoms with Crippen LogP contribution in [0.2, 0.25) is 0 Å². The van der Waals surface area contributed by atoms with Crippen molar-refractivity contribution in [3.8, 4) is 0 Å². The summed E-state index contributed by atoms with van der Waals surface area (Å²) in [7, 11) is 1.71. The topological polar surface area (TPSA) is 56.0 Å². The van der Waals surface area contributed by atoms with Gasteiger partial charge in [-0.1, -0.05) is 11.6 Å². The van der Waals surface area contributed by atoms with E-state index in [4.69, 9.17) is 0 Å². The number of nitrogens with one attached hydrogen (secondary N) is 1. The Bertz CT molecular complexity index is 752. The highest BCUT2D eigenvalue weighted by atomic mass is 16.2. The molecule has 19 heavy (non-hydrogen) atoms. The van der Waals surface area contributed by atoms with Gasteiger partial charge in [0, 0.05) is 7.05 Å². The van der Waals surface area contributed by atoms with E-state index in [-0.39, 0.29) is 17.4 Å². The van der Waals surface area contributed by atoms with Crippen LogP contribution in [0.15, 0.2) is 27.8 Å². The average Bonchev–Trinajstić information content (AvgIpc) is 2.90. The van der Waals surface area contributed by atoms with Gasteiger partial charge in [0.2, 0.25) is 0 Å². The monoisotopic (exact) mass is 259 g/mol. The first kappa shape index (κ1) is 12.2. The van der Waals surface area contributed by atoms with Crippen LogP contribution in [-0.2, 0) is 7.05 Å². The maximum absolute atomic E-state index is 12.6. The van der Waals surface area contributed by atoms with Gasteiger partial charge in [-0.3, -0.25) is 14.7 Å². The largest absolute Gasteiger partial charge is 0.332 e. The molecule has 1 atom stereocenters. The Hall–Kier alpha value is -1.88. The van der Waals surface area contributed by atoms with Gasteiger partial charge in [0.15, 0.2) is 0 Å². The molecule has 0 radical (unpaired) electrons. The molecule has 0 bridgehead atoms. The standard InChI is InChI=1S/C14H17N3O2/c1-9-5-6-11-10(8-9)13(18)17(14(19)16(11)2)12-4-3-7-15-12/h5-6,8,12,15H,3-4,7H2,1-2H3. The van der Waals surface area contributed by atoms with E-state index in [0.717, 1.165) is 24.9 Å². The van der Waals surface area contributed by atoms with Crippen LogP contribution in [0, 0.1) is 6.92 Å². The Morgan fingerprint density at radius 3 is 2.79 bits per heavy atom. The summed E-state index contributed by atoms with van der Waals surface area (Å²) in [4.78, 5) is 24.9. The van der Waals surface area contributed by atoms with Gasteiger partial charge in [0.1, 0.15) is 0 Å². The SMILES string of the molecule is Cc1ccc2c(c1)c(=O)n(C1CCCN1)c(=O)n2C. The zero-order valence-corrected chi connectivity index (χ0v) is 11.1. The van der Waals surface area contributed by atoms with Crippen molar-refractivity contribution in [3.63, 3.8) is 0 Å². The van der Waals surface area contributed by atoms with Crippen molar-refractivity contribution in [1.82, 2.24) is 14.5 Å². The third-order valence-corrected chi connectivity index (χ3v) is 3.80. The van der Waals surface area contributed by atoms with E-state index < -0.39 is 0 Å². The normalized spacial score (nSPS) is 19.2. The van der Waals surface area contributed by atoms with Crippen molar-refractivity contribution in [2.75, 3.05) is 6.54 Å². The van der Waals surface area contributed by atoms with Crippen molar-refractivity contribution in [2.45, 2.75) is 25.9 Å². The second-order valence-corrected chi connectivity index (χ2v) is 5.15.